The van der Waals surface area contributed by atoms with E-state index in [0.717, 1.165) is 51.4 Å². The Morgan fingerprint density at radius 1 is 0.853 bits per heavy atom. The Balaban J connectivity index is 1.30. The van der Waals surface area contributed by atoms with Gasteiger partial charge in [-0.2, -0.15) is 0 Å². The summed E-state index contributed by atoms with van der Waals surface area (Å²) in [5, 5.41) is 0. The number of halogens is 3. The summed E-state index contributed by atoms with van der Waals surface area (Å²) in [5.41, 5.74) is 1.52. The van der Waals surface area contributed by atoms with Crippen LogP contribution in [0.5, 0.6) is 5.75 Å². The van der Waals surface area contributed by atoms with E-state index >= 15 is 4.39 Å². The first-order chi connectivity index (χ1) is 16.5. The zero-order chi connectivity index (χ0) is 24.1. The van der Waals surface area contributed by atoms with Crippen molar-refractivity contribution >= 4 is 0 Å². The van der Waals surface area contributed by atoms with Crippen LogP contribution >= 0.6 is 0 Å². The van der Waals surface area contributed by atoms with E-state index < -0.39 is 11.6 Å². The minimum Gasteiger partial charge on any atom is -0.489 e. The Labute approximate surface area is 201 Å². The van der Waals surface area contributed by atoms with Crippen LogP contribution in [0, 0.1) is 23.4 Å². The molecule has 2 aliphatic rings. The minimum atomic E-state index is -0.665. The van der Waals surface area contributed by atoms with Crippen molar-refractivity contribution in [2.24, 2.45) is 5.92 Å². The summed E-state index contributed by atoms with van der Waals surface area (Å²) >= 11 is 0. The second-order valence-electron chi connectivity index (χ2n) is 9.97. The van der Waals surface area contributed by atoms with Gasteiger partial charge in [0.15, 0.2) is 11.6 Å². The third-order valence-corrected chi connectivity index (χ3v) is 7.58. The van der Waals surface area contributed by atoms with Gasteiger partial charge in [0.2, 0.25) is 0 Å². The van der Waals surface area contributed by atoms with Crippen molar-refractivity contribution in [3.63, 3.8) is 0 Å². The lowest BCUT2D eigenvalue weighted by Crippen LogP contribution is -2.22. The molecule has 0 saturated heterocycles. The largest absolute Gasteiger partial charge is 0.489 e. The molecule has 0 aromatic heterocycles. The molecule has 2 aliphatic carbocycles. The summed E-state index contributed by atoms with van der Waals surface area (Å²) in [5.74, 6) is -0.416. The van der Waals surface area contributed by atoms with Gasteiger partial charge in [-0.3, -0.25) is 0 Å². The van der Waals surface area contributed by atoms with Crippen LogP contribution in [-0.2, 0) is 11.3 Å². The average Bonchev–Trinajstić information content (AvgIpc) is 2.85. The van der Waals surface area contributed by atoms with Crippen molar-refractivity contribution < 1.29 is 22.6 Å². The average molecular weight is 473 g/mol. The summed E-state index contributed by atoms with van der Waals surface area (Å²) in [6.45, 7) is 6.31. The predicted molar refractivity (Wildman–Crippen MR) is 129 cm³/mol. The number of hydrogen-bond acceptors (Lipinski definition) is 2. The topological polar surface area (TPSA) is 18.5 Å². The Morgan fingerprint density at radius 2 is 1.44 bits per heavy atom. The van der Waals surface area contributed by atoms with Gasteiger partial charge in [0.25, 0.3) is 0 Å². The summed E-state index contributed by atoms with van der Waals surface area (Å²) < 4.78 is 55.6. The van der Waals surface area contributed by atoms with Gasteiger partial charge in [-0.15, -0.1) is 0 Å². The van der Waals surface area contributed by atoms with Gasteiger partial charge >= 0.3 is 0 Å². The van der Waals surface area contributed by atoms with Crippen LogP contribution < -0.4 is 4.74 Å². The van der Waals surface area contributed by atoms with Crippen LogP contribution in [-0.4, -0.2) is 12.7 Å². The molecule has 0 heterocycles. The second kappa shape index (κ2) is 11.4. The fourth-order valence-electron chi connectivity index (χ4n) is 5.42. The van der Waals surface area contributed by atoms with E-state index in [-0.39, 0.29) is 30.4 Å². The maximum absolute atomic E-state index is 15.0. The minimum absolute atomic E-state index is 0.00666. The Bertz CT molecular complexity index is 974. The normalized spacial score (nSPS) is 25.2. The van der Waals surface area contributed by atoms with E-state index in [1.807, 2.05) is 12.1 Å². The highest BCUT2D eigenvalue weighted by molar-refractivity contribution is 5.32. The molecule has 0 aliphatic heterocycles. The molecule has 4 rings (SSSR count). The van der Waals surface area contributed by atoms with Crippen LogP contribution in [0.3, 0.4) is 0 Å². The SMILES string of the molecule is C=CCOc1ccc(COC2CCC(c3ccc(C4CCC(C)CC4)c(F)c3F)CC2)c(F)c1. The lowest BCUT2D eigenvalue weighted by Gasteiger charge is -2.30. The molecule has 184 valence electrons. The number of benzene rings is 2. The van der Waals surface area contributed by atoms with E-state index in [4.69, 9.17) is 9.47 Å². The van der Waals surface area contributed by atoms with Crippen LogP contribution in [0.1, 0.15) is 86.8 Å². The third-order valence-electron chi connectivity index (χ3n) is 7.58. The first-order valence-electron chi connectivity index (χ1n) is 12.6. The van der Waals surface area contributed by atoms with Gasteiger partial charge in [0, 0.05) is 11.6 Å². The van der Waals surface area contributed by atoms with Crippen molar-refractivity contribution in [1.82, 2.24) is 0 Å². The number of rotatable bonds is 8. The van der Waals surface area contributed by atoms with Crippen molar-refractivity contribution in [1.29, 1.82) is 0 Å². The van der Waals surface area contributed by atoms with E-state index in [1.165, 1.54) is 6.07 Å². The molecule has 2 nitrogen and oxygen atoms in total. The molecule has 0 atom stereocenters. The zero-order valence-electron chi connectivity index (χ0n) is 20.0. The van der Waals surface area contributed by atoms with E-state index in [9.17, 15) is 8.78 Å². The molecule has 2 aromatic carbocycles. The van der Waals surface area contributed by atoms with E-state index in [1.54, 1.807) is 18.2 Å². The molecule has 0 unspecified atom stereocenters. The second-order valence-corrected chi connectivity index (χ2v) is 9.97. The molecule has 2 aromatic rings. The van der Waals surface area contributed by atoms with Crippen molar-refractivity contribution in [3.8, 4) is 5.75 Å². The fourth-order valence-corrected chi connectivity index (χ4v) is 5.42. The molecule has 0 amide bonds. The number of ether oxygens (including phenoxy) is 2. The van der Waals surface area contributed by atoms with Gasteiger partial charge in [-0.05, 0) is 73.5 Å². The third kappa shape index (κ3) is 5.86. The summed E-state index contributed by atoms with van der Waals surface area (Å²) in [6.07, 6.45) is 8.58. The van der Waals surface area contributed by atoms with Crippen molar-refractivity contribution in [2.75, 3.05) is 6.61 Å². The van der Waals surface area contributed by atoms with Crippen LogP contribution in [0.15, 0.2) is 43.0 Å². The highest BCUT2D eigenvalue weighted by Crippen LogP contribution is 2.40. The highest BCUT2D eigenvalue weighted by Gasteiger charge is 2.29. The maximum Gasteiger partial charge on any atom is 0.162 e. The molecule has 0 N–H and O–H groups in total. The molecule has 34 heavy (non-hydrogen) atoms. The molecular weight excluding hydrogens is 437 g/mol. The number of hydrogen-bond donors (Lipinski definition) is 0. The lowest BCUT2D eigenvalue weighted by atomic mass is 9.77. The van der Waals surface area contributed by atoms with Crippen molar-refractivity contribution in [3.05, 3.63) is 77.1 Å². The lowest BCUT2D eigenvalue weighted by molar-refractivity contribution is 0.0118. The van der Waals surface area contributed by atoms with Crippen LogP contribution in [0.2, 0.25) is 0 Å². The molecule has 2 saturated carbocycles. The summed E-state index contributed by atoms with van der Waals surface area (Å²) in [4.78, 5) is 0. The van der Waals surface area contributed by atoms with Gasteiger partial charge in [-0.25, -0.2) is 13.2 Å². The molecule has 5 heteroatoms. The van der Waals surface area contributed by atoms with Crippen molar-refractivity contribution in [2.45, 2.75) is 82.8 Å². The van der Waals surface area contributed by atoms with Gasteiger partial charge in [0.05, 0.1) is 12.7 Å². The molecule has 0 radical (unpaired) electrons. The smallest absolute Gasteiger partial charge is 0.162 e. The van der Waals surface area contributed by atoms with Gasteiger partial charge in [-0.1, -0.05) is 50.6 Å². The first-order valence-corrected chi connectivity index (χ1v) is 12.6. The highest BCUT2D eigenvalue weighted by atomic mass is 19.2. The Morgan fingerprint density at radius 3 is 2.00 bits per heavy atom. The van der Waals surface area contributed by atoms with Gasteiger partial charge in [0.1, 0.15) is 18.2 Å². The van der Waals surface area contributed by atoms with E-state index in [0.29, 0.717) is 35.0 Å². The van der Waals surface area contributed by atoms with Gasteiger partial charge < -0.3 is 9.47 Å². The maximum atomic E-state index is 15.0. The monoisotopic (exact) mass is 472 g/mol. The first kappa shape index (κ1) is 24.8. The molecule has 0 spiro atoms. The molecule has 0 bridgehead atoms. The van der Waals surface area contributed by atoms with Crippen LogP contribution in [0.4, 0.5) is 13.2 Å². The quantitative estimate of drug-likeness (QED) is 0.361. The fraction of sp³-hybridized carbons (Fsp3) is 0.517. The summed E-state index contributed by atoms with van der Waals surface area (Å²) in [6, 6.07) is 8.38. The van der Waals surface area contributed by atoms with E-state index in [2.05, 4.69) is 13.5 Å². The standard InChI is InChI=1S/C29H35F3O2/c1-3-16-33-24-13-10-22(27(30)17-24)18-34-23-11-8-21(9-12-23)26-15-14-25(28(31)29(26)32)20-6-4-19(2)5-7-20/h3,10,13-15,17,19-21,23H,1,4-9,11-12,16,18H2,2H3. The predicted octanol–water partition coefficient (Wildman–Crippen LogP) is 8.21. The summed E-state index contributed by atoms with van der Waals surface area (Å²) in [7, 11) is 0. The Kier molecular flexibility index (Phi) is 8.36. The van der Waals surface area contributed by atoms with Crippen LogP contribution in [0.25, 0.3) is 0 Å². The zero-order valence-corrected chi connectivity index (χ0v) is 20.0. The molecular formula is C29H35F3O2. The Hall–Kier alpha value is -2.27. The molecule has 2 fully saturated rings.